The molecule has 1 aromatic rings. The molecule has 96 valence electrons. The minimum atomic E-state index is -0.701. The highest BCUT2D eigenvalue weighted by atomic mass is 35.5. The average molecular weight is 260 g/mol. The molecule has 0 spiro atoms. The first-order valence-electron chi connectivity index (χ1n) is 5.68. The van der Waals surface area contributed by atoms with Crippen LogP contribution in [-0.4, -0.2) is 19.8 Å². The minimum absolute atomic E-state index is 0. The lowest BCUT2D eigenvalue weighted by atomic mass is 9.83. The van der Waals surface area contributed by atoms with Crippen molar-refractivity contribution in [1.82, 2.24) is 5.32 Å². The third-order valence-electron chi connectivity index (χ3n) is 3.33. The van der Waals surface area contributed by atoms with E-state index in [1.807, 2.05) is 24.3 Å². The van der Waals surface area contributed by atoms with Gasteiger partial charge in [0.1, 0.15) is 11.9 Å². The summed E-state index contributed by atoms with van der Waals surface area (Å²) >= 11 is 0. The number of hydrogen-bond acceptors (Lipinski definition) is 2. The Morgan fingerprint density at radius 1 is 1.35 bits per heavy atom. The number of piperidine rings is 1. The van der Waals surface area contributed by atoms with Crippen molar-refractivity contribution in [2.24, 2.45) is 0 Å². The first-order valence-corrected chi connectivity index (χ1v) is 5.68. The molecule has 2 unspecified atom stereocenters. The van der Waals surface area contributed by atoms with E-state index in [0.29, 0.717) is 12.8 Å². The minimum Gasteiger partial charge on any atom is -0.497 e. The van der Waals surface area contributed by atoms with Gasteiger partial charge in [-0.25, -0.2) is 4.39 Å². The largest absolute Gasteiger partial charge is 0.497 e. The standard InChI is InChI=1S/C13H18FNO.ClH/c1-13(9-11(14)7-8-15-13)10-3-5-12(16-2)6-4-10;/h3-6,11,15H,7-9H2,1-2H3;1H. The molecule has 1 aromatic carbocycles. The maximum Gasteiger partial charge on any atom is 0.118 e. The van der Waals surface area contributed by atoms with Gasteiger partial charge in [0.15, 0.2) is 0 Å². The summed E-state index contributed by atoms with van der Waals surface area (Å²) in [6, 6.07) is 7.85. The first kappa shape index (κ1) is 14.3. The van der Waals surface area contributed by atoms with Gasteiger partial charge in [0, 0.05) is 12.0 Å². The van der Waals surface area contributed by atoms with E-state index in [1.54, 1.807) is 7.11 Å². The number of alkyl halides is 1. The average Bonchev–Trinajstić information content (AvgIpc) is 2.29. The zero-order chi connectivity index (χ0) is 11.6. The van der Waals surface area contributed by atoms with E-state index >= 15 is 0 Å². The van der Waals surface area contributed by atoms with Crippen molar-refractivity contribution in [3.05, 3.63) is 29.8 Å². The van der Waals surface area contributed by atoms with Crippen molar-refractivity contribution < 1.29 is 9.13 Å². The van der Waals surface area contributed by atoms with Crippen LogP contribution < -0.4 is 10.1 Å². The summed E-state index contributed by atoms with van der Waals surface area (Å²) in [5.74, 6) is 0.833. The van der Waals surface area contributed by atoms with E-state index in [-0.39, 0.29) is 17.9 Å². The van der Waals surface area contributed by atoms with Crippen LogP contribution in [0.5, 0.6) is 5.75 Å². The molecule has 1 N–H and O–H groups in total. The number of rotatable bonds is 2. The SMILES string of the molecule is COc1ccc(C2(C)CC(F)CCN2)cc1.Cl. The molecule has 0 aromatic heterocycles. The monoisotopic (exact) mass is 259 g/mol. The van der Waals surface area contributed by atoms with Gasteiger partial charge in [-0.3, -0.25) is 0 Å². The van der Waals surface area contributed by atoms with Gasteiger partial charge >= 0.3 is 0 Å². The van der Waals surface area contributed by atoms with Crippen LogP contribution in [0.3, 0.4) is 0 Å². The maximum atomic E-state index is 13.4. The molecule has 2 atom stereocenters. The molecule has 1 aliphatic heterocycles. The van der Waals surface area contributed by atoms with Crippen LogP contribution >= 0.6 is 12.4 Å². The number of nitrogens with one attached hydrogen (secondary N) is 1. The van der Waals surface area contributed by atoms with Crippen molar-refractivity contribution in [3.8, 4) is 5.75 Å². The van der Waals surface area contributed by atoms with Gasteiger partial charge in [-0.1, -0.05) is 12.1 Å². The van der Waals surface area contributed by atoms with Crippen molar-refractivity contribution in [2.45, 2.75) is 31.5 Å². The van der Waals surface area contributed by atoms with Crippen LogP contribution in [0.2, 0.25) is 0 Å². The van der Waals surface area contributed by atoms with Crippen LogP contribution in [0.4, 0.5) is 4.39 Å². The van der Waals surface area contributed by atoms with Gasteiger partial charge in [-0.15, -0.1) is 12.4 Å². The van der Waals surface area contributed by atoms with Crippen LogP contribution in [0.25, 0.3) is 0 Å². The number of ether oxygens (including phenoxy) is 1. The summed E-state index contributed by atoms with van der Waals surface area (Å²) in [5, 5.41) is 3.40. The number of benzene rings is 1. The normalized spacial score (nSPS) is 28.3. The van der Waals surface area contributed by atoms with E-state index in [2.05, 4.69) is 12.2 Å². The highest BCUT2D eigenvalue weighted by molar-refractivity contribution is 5.85. The summed E-state index contributed by atoms with van der Waals surface area (Å²) in [6.07, 6.45) is 0.457. The second-order valence-electron chi connectivity index (χ2n) is 4.58. The van der Waals surface area contributed by atoms with Crippen molar-refractivity contribution in [1.29, 1.82) is 0 Å². The Hall–Kier alpha value is -0.800. The Morgan fingerprint density at radius 3 is 2.53 bits per heavy atom. The van der Waals surface area contributed by atoms with E-state index in [9.17, 15) is 4.39 Å². The Bertz CT molecular complexity index is 357. The molecule has 0 aliphatic carbocycles. The summed E-state index contributed by atoms with van der Waals surface area (Å²) in [6.45, 7) is 2.80. The topological polar surface area (TPSA) is 21.3 Å². The second-order valence-corrected chi connectivity index (χ2v) is 4.58. The molecule has 17 heavy (non-hydrogen) atoms. The Kier molecular flexibility index (Phi) is 4.78. The molecule has 0 amide bonds. The third kappa shape index (κ3) is 3.11. The third-order valence-corrected chi connectivity index (χ3v) is 3.33. The smallest absolute Gasteiger partial charge is 0.118 e. The molecular weight excluding hydrogens is 241 g/mol. The lowest BCUT2D eigenvalue weighted by Gasteiger charge is -2.37. The van der Waals surface area contributed by atoms with E-state index in [4.69, 9.17) is 4.74 Å². The molecule has 0 bridgehead atoms. The van der Waals surface area contributed by atoms with Gasteiger partial charge in [0.05, 0.1) is 7.11 Å². The van der Waals surface area contributed by atoms with Gasteiger partial charge in [-0.05, 0) is 37.6 Å². The van der Waals surface area contributed by atoms with Gasteiger partial charge in [-0.2, -0.15) is 0 Å². The second kappa shape index (κ2) is 5.69. The van der Waals surface area contributed by atoms with Crippen LogP contribution in [0.1, 0.15) is 25.3 Å². The molecule has 0 saturated carbocycles. The van der Waals surface area contributed by atoms with Gasteiger partial charge in [0.25, 0.3) is 0 Å². The summed E-state index contributed by atoms with van der Waals surface area (Å²) in [7, 11) is 1.65. The number of hydrogen-bond donors (Lipinski definition) is 1. The van der Waals surface area contributed by atoms with Gasteiger partial charge < -0.3 is 10.1 Å². The zero-order valence-electron chi connectivity index (χ0n) is 10.2. The quantitative estimate of drug-likeness (QED) is 0.882. The number of halogens is 2. The predicted molar refractivity (Wildman–Crippen MR) is 69.7 cm³/mol. The number of methoxy groups -OCH3 is 1. The van der Waals surface area contributed by atoms with Crippen LogP contribution in [0, 0.1) is 0 Å². The van der Waals surface area contributed by atoms with Crippen molar-refractivity contribution >= 4 is 12.4 Å². The molecule has 2 rings (SSSR count). The van der Waals surface area contributed by atoms with E-state index in [0.717, 1.165) is 17.9 Å². The molecule has 1 fully saturated rings. The summed E-state index contributed by atoms with van der Waals surface area (Å²) in [5.41, 5.74) is 0.875. The molecule has 1 heterocycles. The molecular formula is C13H19ClFNO. The van der Waals surface area contributed by atoms with Crippen LogP contribution in [0.15, 0.2) is 24.3 Å². The lowest BCUT2D eigenvalue weighted by Crippen LogP contribution is -2.46. The van der Waals surface area contributed by atoms with E-state index in [1.165, 1.54) is 0 Å². The highest BCUT2D eigenvalue weighted by Gasteiger charge is 2.33. The molecule has 2 nitrogen and oxygen atoms in total. The fourth-order valence-corrected chi connectivity index (χ4v) is 2.30. The Morgan fingerprint density at radius 2 is 2.00 bits per heavy atom. The molecule has 0 radical (unpaired) electrons. The van der Waals surface area contributed by atoms with Gasteiger partial charge in [0.2, 0.25) is 0 Å². The fraction of sp³-hybridized carbons (Fsp3) is 0.538. The first-order chi connectivity index (χ1) is 7.64. The maximum absolute atomic E-state index is 13.4. The fourth-order valence-electron chi connectivity index (χ4n) is 2.30. The lowest BCUT2D eigenvalue weighted by molar-refractivity contribution is 0.165. The van der Waals surface area contributed by atoms with Crippen LogP contribution in [-0.2, 0) is 5.54 Å². The predicted octanol–water partition coefficient (Wildman–Crippen LogP) is 3.05. The van der Waals surface area contributed by atoms with Crippen molar-refractivity contribution in [3.63, 3.8) is 0 Å². The molecule has 1 aliphatic rings. The van der Waals surface area contributed by atoms with E-state index < -0.39 is 6.17 Å². The summed E-state index contributed by atoms with van der Waals surface area (Å²) in [4.78, 5) is 0. The highest BCUT2D eigenvalue weighted by Crippen LogP contribution is 2.32. The molecule has 1 saturated heterocycles. The Labute approximate surface area is 108 Å². The molecule has 4 heteroatoms. The zero-order valence-corrected chi connectivity index (χ0v) is 11.0. The Balaban J connectivity index is 0.00000144. The van der Waals surface area contributed by atoms with Crippen molar-refractivity contribution in [2.75, 3.05) is 13.7 Å². The summed E-state index contributed by atoms with van der Waals surface area (Å²) < 4.78 is 18.6.